The average molecular weight is 236 g/mol. The van der Waals surface area contributed by atoms with Gasteiger partial charge in [0, 0.05) is 6.08 Å². The summed E-state index contributed by atoms with van der Waals surface area (Å²) in [6.07, 6.45) is 3.74. The van der Waals surface area contributed by atoms with Crippen LogP contribution in [0.25, 0.3) is 0 Å². The lowest BCUT2D eigenvalue weighted by Crippen LogP contribution is -2.25. The Morgan fingerprint density at radius 3 is 3.00 bits per heavy atom. The molecule has 2 fully saturated rings. The molecule has 2 aliphatic rings. The highest BCUT2D eigenvalue weighted by Crippen LogP contribution is 2.53. The normalized spacial score (nSPS) is 37.5. The van der Waals surface area contributed by atoms with Gasteiger partial charge in [0.1, 0.15) is 5.60 Å². The minimum absolute atomic E-state index is 0.224. The molecule has 0 amide bonds. The van der Waals surface area contributed by atoms with E-state index in [9.17, 15) is 4.79 Å². The van der Waals surface area contributed by atoms with E-state index in [1.807, 2.05) is 13.8 Å². The van der Waals surface area contributed by atoms with E-state index >= 15 is 0 Å². The number of carbonyl (C=O) groups excluding carboxylic acids is 1. The maximum Gasteiger partial charge on any atom is 0.330 e. The van der Waals surface area contributed by atoms with Crippen LogP contribution < -0.4 is 0 Å². The van der Waals surface area contributed by atoms with Crippen LogP contribution in [0.2, 0.25) is 0 Å². The van der Waals surface area contributed by atoms with E-state index in [4.69, 9.17) is 9.47 Å². The first-order valence-electron chi connectivity index (χ1n) is 6.18. The van der Waals surface area contributed by atoms with Gasteiger partial charge in [-0.05, 0) is 45.1 Å². The molecule has 3 nitrogen and oxygen atoms in total. The first-order chi connectivity index (χ1) is 7.97. The lowest BCUT2D eigenvalue weighted by molar-refractivity contribution is -0.137. The second-order valence-corrected chi connectivity index (χ2v) is 5.12. The molecular formula is C14H20O3. The Morgan fingerprint density at radius 1 is 1.71 bits per heavy atom. The molecule has 3 heteroatoms. The third kappa shape index (κ3) is 2.29. The van der Waals surface area contributed by atoms with Crippen LogP contribution in [0.4, 0.5) is 0 Å². The summed E-state index contributed by atoms with van der Waals surface area (Å²) in [5, 5.41) is 0. The summed E-state index contributed by atoms with van der Waals surface area (Å²) in [5.41, 5.74) is 2.00. The van der Waals surface area contributed by atoms with Crippen LogP contribution in [-0.2, 0) is 14.3 Å². The number of fused-ring (bicyclic) bond motifs is 1. The third-order valence-corrected chi connectivity index (χ3v) is 3.82. The van der Waals surface area contributed by atoms with Gasteiger partial charge in [0.15, 0.2) is 0 Å². The van der Waals surface area contributed by atoms with Gasteiger partial charge in [0.2, 0.25) is 0 Å². The zero-order valence-electron chi connectivity index (χ0n) is 10.8. The summed E-state index contributed by atoms with van der Waals surface area (Å²) >= 11 is 0. The van der Waals surface area contributed by atoms with Gasteiger partial charge in [-0.25, -0.2) is 4.79 Å². The molecule has 94 valence electrons. The van der Waals surface area contributed by atoms with Gasteiger partial charge in [0.25, 0.3) is 0 Å². The predicted molar refractivity (Wildman–Crippen MR) is 65.5 cm³/mol. The molecule has 0 radical (unpaired) electrons. The van der Waals surface area contributed by atoms with Crippen LogP contribution in [0.3, 0.4) is 0 Å². The summed E-state index contributed by atoms with van der Waals surface area (Å²) < 4.78 is 10.7. The van der Waals surface area contributed by atoms with E-state index in [0.717, 1.165) is 24.0 Å². The second kappa shape index (κ2) is 4.30. The van der Waals surface area contributed by atoms with E-state index in [1.54, 1.807) is 6.08 Å². The van der Waals surface area contributed by atoms with Crippen molar-refractivity contribution in [2.24, 2.45) is 5.92 Å². The van der Waals surface area contributed by atoms with Crippen molar-refractivity contribution in [2.75, 3.05) is 6.61 Å². The van der Waals surface area contributed by atoms with Crippen molar-refractivity contribution in [3.8, 4) is 0 Å². The van der Waals surface area contributed by atoms with Gasteiger partial charge >= 0.3 is 5.97 Å². The molecule has 1 aliphatic carbocycles. The Bertz CT molecular complexity index is 383. The standard InChI is InChI=1S/C14H20O3/c1-5-16-13(15)8-11-6-10(9(2)3)7-12-14(11,4)17-12/h8,10,12H,2,5-7H2,1,3-4H3/t10-,12+,14-/m1/s1. The van der Waals surface area contributed by atoms with Gasteiger partial charge in [-0.3, -0.25) is 0 Å². The fraction of sp³-hybridized carbons (Fsp3) is 0.643. The molecule has 1 aliphatic heterocycles. The lowest BCUT2D eigenvalue weighted by Gasteiger charge is -2.25. The molecule has 0 bridgehead atoms. The van der Waals surface area contributed by atoms with Crippen LogP contribution in [-0.4, -0.2) is 24.3 Å². The lowest BCUT2D eigenvalue weighted by atomic mass is 9.76. The van der Waals surface area contributed by atoms with Gasteiger partial charge in [-0.15, -0.1) is 0 Å². The SMILES string of the molecule is C=C(C)[C@@H]1CC(=CC(=O)OCC)[C@@]2(C)O[C@H]2C1. The Morgan fingerprint density at radius 2 is 2.41 bits per heavy atom. The zero-order chi connectivity index (χ0) is 12.6. The molecule has 3 atom stereocenters. The topological polar surface area (TPSA) is 38.8 Å². The second-order valence-electron chi connectivity index (χ2n) is 5.12. The molecule has 1 saturated carbocycles. The smallest absolute Gasteiger partial charge is 0.330 e. The highest BCUT2D eigenvalue weighted by atomic mass is 16.6. The molecule has 0 N–H and O–H groups in total. The first-order valence-corrected chi connectivity index (χ1v) is 6.18. The van der Waals surface area contributed by atoms with Gasteiger partial charge < -0.3 is 9.47 Å². The minimum Gasteiger partial charge on any atom is -0.463 e. The molecule has 1 saturated heterocycles. The number of allylic oxidation sites excluding steroid dienone is 1. The largest absolute Gasteiger partial charge is 0.463 e. The minimum atomic E-state index is -0.264. The Labute approximate surface area is 102 Å². The molecular weight excluding hydrogens is 216 g/mol. The summed E-state index contributed by atoms with van der Waals surface area (Å²) in [6, 6.07) is 0. The van der Waals surface area contributed by atoms with E-state index in [2.05, 4.69) is 13.5 Å². The van der Waals surface area contributed by atoms with Crippen molar-refractivity contribution in [3.63, 3.8) is 0 Å². The van der Waals surface area contributed by atoms with Crippen molar-refractivity contribution in [3.05, 3.63) is 23.8 Å². The molecule has 2 rings (SSSR count). The Hall–Kier alpha value is -1.09. The molecule has 0 aromatic heterocycles. The van der Waals surface area contributed by atoms with Crippen molar-refractivity contribution in [1.29, 1.82) is 0 Å². The summed E-state index contributed by atoms with van der Waals surface area (Å²) in [5.74, 6) is 0.164. The number of carbonyl (C=O) groups is 1. The van der Waals surface area contributed by atoms with E-state index in [-0.39, 0.29) is 17.7 Å². The highest BCUT2D eigenvalue weighted by Gasteiger charge is 2.58. The van der Waals surface area contributed by atoms with E-state index < -0.39 is 0 Å². The highest BCUT2D eigenvalue weighted by molar-refractivity contribution is 5.83. The average Bonchev–Trinajstić information content (AvgIpc) is 2.90. The molecule has 0 aromatic carbocycles. The number of hydrogen-bond donors (Lipinski definition) is 0. The van der Waals surface area contributed by atoms with Crippen molar-refractivity contribution in [2.45, 2.75) is 45.3 Å². The van der Waals surface area contributed by atoms with Crippen LogP contribution >= 0.6 is 0 Å². The quantitative estimate of drug-likeness (QED) is 0.327. The molecule has 1 heterocycles. The van der Waals surface area contributed by atoms with E-state index in [1.165, 1.54) is 0 Å². The monoisotopic (exact) mass is 236 g/mol. The summed E-state index contributed by atoms with van der Waals surface area (Å²) in [4.78, 5) is 11.5. The first kappa shape index (κ1) is 12.4. The molecule has 17 heavy (non-hydrogen) atoms. The van der Waals surface area contributed by atoms with Crippen molar-refractivity contribution >= 4 is 5.97 Å². The number of esters is 1. The van der Waals surface area contributed by atoms with Gasteiger partial charge in [-0.1, -0.05) is 12.2 Å². The Balaban J connectivity index is 2.14. The Kier molecular flexibility index (Phi) is 3.13. The number of hydrogen-bond acceptors (Lipinski definition) is 3. The number of ether oxygens (including phenoxy) is 2. The van der Waals surface area contributed by atoms with Crippen molar-refractivity contribution < 1.29 is 14.3 Å². The van der Waals surface area contributed by atoms with Crippen molar-refractivity contribution in [1.82, 2.24) is 0 Å². The zero-order valence-corrected chi connectivity index (χ0v) is 10.8. The van der Waals surface area contributed by atoms with Crippen LogP contribution in [0.5, 0.6) is 0 Å². The predicted octanol–water partition coefficient (Wildman–Crippen LogP) is 2.62. The van der Waals surface area contributed by atoms with E-state index in [0.29, 0.717) is 12.5 Å². The van der Waals surface area contributed by atoms with Crippen LogP contribution in [0.1, 0.15) is 33.6 Å². The van der Waals surface area contributed by atoms with Crippen LogP contribution in [0, 0.1) is 5.92 Å². The molecule has 0 aromatic rings. The van der Waals surface area contributed by atoms with Gasteiger partial charge in [-0.2, -0.15) is 0 Å². The third-order valence-electron chi connectivity index (χ3n) is 3.82. The number of rotatable bonds is 3. The molecule has 0 unspecified atom stereocenters. The summed E-state index contributed by atoms with van der Waals surface area (Å²) in [6.45, 7) is 10.3. The fourth-order valence-electron chi connectivity index (χ4n) is 2.53. The van der Waals surface area contributed by atoms with Crippen LogP contribution in [0.15, 0.2) is 23.8 Å². The summed E-state index contributed by atoms with van der Waals surface area (Å²) in [7, 11) is 0. The maximum atomic E-state index is 11.5. The maximum absolute atomic E-state index is 11.5. The fourth-order valence-corrected chi connectivity index (χ4v) is 2.53. The van der Waals surface area contributed by atoms with Gasteiger partial charge in [0.05, 0.1) is 12.7 Å². The molecule has 0 spiro atoms. The number of epoxide rings is 1.